The van der Waals surface area contributed by atoms with Crippen LogP contribution in [0.1, 0.15) is 72.6 Å². The molecule has 158 valence electrons. The van der Waals surface area contributed by atoms with E-state index in [4.69, 9.17) is 9.66 Å². The summed E-state index contributed by atoms with van der Waals surface area (Å²) in [6, 6.07) is 0. The molecule has 6 nitrogen and oxygen atoms in total. The molecule has 0 fully saturated rings. The fourth-order valence-corrected chi connectivity index (χ4v) is 5.73. The van der Waals surface area contributed by atoms with Crippen LogP contribution in [0.5, 0.6) is 0 Å². The van der Waals surface area contributed by atoms with Crippen molar-refractivity contribution in [3.05, 3.63) is 34.9 Å². The van der Waals surface area contributed by atoms with Gasteiger partial charge in [0.25, 0.3) is 10.1 Å². The molecule has 0 saturated heterocycles. The first-order valence-electron chi connectivity index (χ1n) is 9.23. The van der Waals surface area contributed by atoms with Crippen LogP contribution in [-0.4, -0.2) is 34.3 Å². The molecule has 3 N–H and O–H groups in total. The van der Waals surface area contributed by atoms with E-state index in [1.54, 1.807) is 0 Å². The summed E-state index contributed by atoms with van der Waals surface area (Å²) in [5.74, 6) is 0. The number of unbranched alkanes of at least 4 members (excludes halogenated alkanes) is 1. The van der Waals surface area contributed by atoms with Crippen molar-refractivity contribution in [2.75, 3.05) is 6.35 Å². The van der Waals surface area contributed by atoms with Crippen LogP contribution in [0.4, 0.5) is 0 Å². The third kappa shape index (κ3) is 12.4. The highest BCUT2D eigenvalue weighted by molar-refractivity contribution is 7.94. The fourth-order valence-electron chi connectivity index (χ4n) is 2.63. The zero-order chi connectivity index (χ0) is 21.1. The molecule has 2 atom stereocenters. The Morgan fingerprint density at radius 2 is 1.44 bits per heavy atom. The minimum absolute atomic E-state index is 0.166. The topological polar surface area (TPSA) is 112 Å². The predicted molar refractivity (Wildman–Crippen MR) is 112 cm³/mol. The highest BCUT2D eigenvalue weighted by Gasteiger charge is 2.39. The molecule has 2 unspecified atom stereocenters. The van der Waals surface area contributed by atoms with Gasteiger partial charge in [-0.15, -0.1) is 0 Å². The molecule has 0 radical (unpaired) electrons. The largest absolute Gasteiger partial charge is 0.386 e. The lowest BCUT2D eigenvalue weighted by molar-refractivity contribution is 0.329. The Kier molecular flexibility index (Phi) is 12.3. The summed E-state index contributed by atoms with van der Waals surface area (Å²) in [5.41, 5.74) is 3.86. The lowest BCUT2D eigenvalue weighted by Crippen LogP contribution is -2.22. The van der Waals surface area contributed by atoms with Crippen molar-refractivity contribution in [2.24, 2.45) is 0 Å². The van der Waals surface area contributed by atoms with E-state index >= 15 is 0 Å². The zero-order valence-corrected chi connectivity index (χ0v) is 18.6. The molecule has 0 aliphatic rings. The van der Waals surface area contributed by atoms with Crippen LogP contribution in [0, 0.1) is 0 Å². The van der Waals surface area contributed by atoms with Crippen molar-refractivity contribution in [1.82, 2.24) is 0 Å². The molecule has 0 heterocycles. The van der Waals surface area contributed by atoms with Gasteiger partial charge in [0, 0.05) is 0 Å². The Labute approximate surface area is 164 Å². The Morgan fingerprint density at radius 3 is 1.89 bits per heavy atom. The number of aliphatic hydroxyl groups excluding tert-OH is 1. The van der Waals surface area contributed by atoms with Crippen LogP contribution in [0.3, 0.4) is 0 Å². The highest BCUT2D eigenvalue weighted by atomic mass is 32.2. The standard InChI is InChI=1S/C19H35O6PS/c1-16(2)9-7-11-18(4)13-8-12-17(3)10-5-6-14-19(27(23,24)25)26(21,22)15-20/h9-10,13,19-20H,5-8,11-12,14-15H2,1-4H3,(H,21,22)(H,23,24,25). The number of hydrogen-bond donors (Lipinski definition) is 3. The molecule has 0 aromatic carbocycles. The van der Waals surface area contributed by atoms with Crippen LogP contribution < -0.4 is 0 Å². The van der Waals surface area contributed by atoms with Gasteiger partial charge in [-0.2, -0.15) is 8.42 Å². The molecular weight excluding hydrogens is 387 g/mol. The van der Waals surface area contributed by atoms with Crippen LogP contribution in [0.15, 0.2) is 34.9 Å². The van der Waals surface area contributed by atoms with Gasteiger partial charge in [-0.1, -0.05) is 34.9 Å². The number of hydrogen-bond acceptors (Lipinski definition) is 4. The fraction of sp³-hybridized carbons (Fsp3) is 0.684. The van der Waals surface area contributed by atoms with Crippen molar-refractivity contribution in [2.45, 2.75) is 77.6 Å². The molecule has 0 aliphatic carbocycles. The first kappa shape index (κ1) is 26.3. The smallest absolute Gasteiger partial charge is 0.277 e. The maximum Gasteiger partial charge on any atom is 0.277 e. The van der Waals surface area contributed by atoms with Gasteiger partial charge in [-0.05, 0) is 72.6 Å². The Bertz CT molecular complexity index is 687. The average Bonchev–Trinajstić information content (AvgIpc) is 2.52. The van der Waals surface area contributed by atoms with Gasteiger partial charge in [0.2, 0.25) is 7.37 Å². The maximum absolute atomic E-state index is 11.7. The van der Waals surface area contributed by atoms with Gasteiger partial charge in [0.05, 0.1) is 0 Å². The zero-order valence-electron chi connectivity index (χ0n) is 16.9. The molecule has 8 heteroatoms. The lowest BCUT2D eigenvalue weighted by Gasteiger charge is -2.18. The summed E-state index contributed by atoms with van der Waals surface area (Å²) in [4.78, 5) is 7.70. The van der Waals surface area contributed by atoms with Gasteiger partial charge >= 0.3 is 0 Å². The van der Waals surface area contributed by atoms with Gasteiger partial charge in [0.1, 0.15) is 6.35 Å². The Balaban J connectivity index is 4.39. The first-order chi connectivity index (χ1) is 12.4. The molecular formula is C19H35O6PS. The van der Waals surface area contributed by atoms with E-state index in [-0.39, 0.29) is 6.42 Å². The maximum atomic E-state index is 11.7. The van der Waals surface area contributed by atoms with Crippen molar-refractivity contribution < 1.29 is 27.5 Å². The third-order valence-electron chi connectivity index (χ3n) is 4.27. The minimum atomic E-state index is -4.68. The summed E-state index contributed by atoms with van der Waals surface area (Å²) in [5, 5.41) is 8.89. The number of rotatable bonds is 13. The summed E-state index contributed by atoms with van der Waals surface area (Å²) in [6.07, 6.45) is 9.94. The molecule has 0 aliphatic heterocycles. The van der Waals surface area contributed by atoms with Crippen molar-refractivity contribution in [1.29, 1.82) is 0 Å². The van der Waals surface area contributed by atoms with Gasteiger partial charge in [0.15, 0.2) is 4.99 Å². The van der Waals surface area contributed by atoms with Crippen LogP contribution in [-0.2, 0) is 14.7 Å². The highest BCUT2D eigenvalue weighted by Crippen LogP contribution is 2.49. The summed E-state index contributed by atoms with van der Waals surface area (Å²) < 4.78 is 43.4. The van der Waals surface area contributed by atoms with Crippen molar-refractivity contribution >= 4 is 17.5 Å². The summed E-state index contributed by atoms with van der Waals surface area (Å²) in [7, 11) is -9.01. The Hall–Kier alpha value is -0.720. The monoisotopic (exact) mass is 422 g/mol. The van der Waals surface area contributed by atoms with E-state index in [2.05, 4.69) is 32.9 Å². The van der Waals surface area contributed by atoms with E-state index < -0.39 is 28.8 Å². The molecule has 0 rings (SSSR count). The lowest BCUT2D eigenvalue weighted by atomic mass is 10.1. The third-order valence-corrected chi connectivity index (χ3v) is 8.54. The minimum Gasteiger partial charge on any atom is -0.386 e. The molecule has 27 heavy (non-hydrogen) atoms. The number of aliphatic hydroxyl groups is 1. The quantitative estimate of drug-likeness (QED) is 0.166. The predicted octanol–water partition coefficient (Wildman–Crippen LogP) is 5.01. The second-order valence-corrected chi connectivity index (χ2v) is 11.6. The SMILES string of the molecule is CC(C)=CCCC(C)=CCCC(C)=CCCCC(P(=O)(O)CO)S(=O)(=O)O. The second kappa shape index (κ2) is 12.7. The summed E-state index contributed by atoms with van der Waals surface area (Å²) in [6.45, 7) is 8.31. The Morgan fingerprint density at radius 1 is 0.963 bits per heavy atom. The molecule has 0 bridgehead atoms. The van der Waals surface area contributed by atoms with Gasteiger partial charge in [-0.25, -0.2) is 0 Å². The average molecular weight is 423 g/mol. The van der Waals surface area contributed by atoms with Gasteiger partial charge in [-0.3, -0.25) is 9.12 Å². The van der Waals surface area contributed by atoms with Crippen LogP contribution in [0.2, 0.25) is 0 Å². The van der Waals surface area contributed by atoms with Crippen LogP contribution >= 0.6 is 7.37 Å². The normalized spacial score (nSPS) is 16.7. The molecule has 0 spiro atoms. The molecule has 0 aromatic rings. The van der Waals surface area contributed by atoms with E-state index in [1.165, 1.54) is 16.7 Å². The molecule has 0 saturated carbocycles. The van der Waals surface area contributed by atoms with Crippen LogP contribution in [0.25, 0.3) is 0 Å². The van der Waals surface area contributed by atoms with E-state index in [0.717, 1.165) is 25.7 Å². The van der Waals surface area contributed by atoms with Crippen molar-refractivity contribution in [3.63, 3.8) is 0 Å². The first-order valence-corrected chi connectivity index (χ1v) is 12.6. The number of allylic oxidation sites excluding steroid dienone is 6. The molecule has 0 aromatic heterocycles. The molecule has 0 amide bonds. The van der Waals surface area contributed by atoms with E-state index in [9.17, 15) is 17.9 Å². The second-order valence-electron chi connectivity index (χ2n) is 7.26. The van der Waals surface area contributed by atoms with E-state index in [1.807, 2.05) is 13.0 Å². The van der Waals surface area contributed by atoms with Gasteiger partial charge < -0.3 is 10.00 Å². The van der Waals surface area contributed by atoms with E-state index in [0.29, 0.717) is 12.8 Å². The summed E-state index contributed by atoms with van der Waals surface area (Å²) >= 11 is 0. The van der Waals surface area contributed by atoms with Crippen molar-refractivity contribution in [3.8, 4) is 0 Å².